The molecule has 0 fully saturated rings. The molecule has 1 aromatic carbocycles. The molecule has 0 aliphatic heterocycles. The van der Waals surface area contributed by atoms with Gasteiger partial charge in [-0.25, -0.2) is 9.97 Å². The Kier molecular flexibility index (Phi) is 3.54. The summed E-state index contributed by atoms with van der Waals surface area (Å²) in [5.74, 6) is 0. The SMILES string of the molecule is Cc1cnc(Sc2ccccc2CN)nc1. The third kappa shape index (κ3) is 2.59. The lowest BCUT2D eigenvalue weighted by atomic mass is 10.2. The normalized spacial score (nSPS) is 10.4. The molecule has 82 valence electrons. The number of benzene rings is 1. The number of hydrogen-bond donors (Lipinski definition) is 1. The fourth-order valence-corrected chi connectivity index (χ4v) is 2.14. The summed E-state index contributed by atoms with van der Waals surface area (Å²) in [6, 6.07) is 8.05. The molecule has 0 saturated heterocycles. The number of nitrogens with zero attached hydrogens (tertiary/aromatic N) is 2. The lowest BCUT2D eigenvalue weighted by Crippen LogP contribution is -1.98. The minimum Gasteiger partial charge on any atom is -0.326 e. The van der Waals surface area contributed by atoms with Crippen LogP contribution in [0.5, 0.6) is 0 Å². The van der Waals surface area contributed by atoms with E-state index < -0.39 is 0 Å². The highest BCUT2D eigenvalue weighted by molar-refractivity contribution is 7.99. The van der Waals surface area contributed by atoms with Crippen LogP contribution in [0.2, 0.25) is 0 Å². The van der Waals surface area contributed by atoms with Crippen molar-refractivity contribution in [2.75, 3.05) is 0 Å². The largest absolute Gasteiger partial charge is 0.326 e. The van der Waals surface area contributed by atoms with E-state index >= 15 is 0 Å². The summed E-state index contributed by atoms with van der Waals surface area (Å²) in [7, 11) is 0. The summed E-state index contributed by atoms with van der Waals surface area (Å²) in [5, 5.41) is 0.756. The predicted octanol–water partition coefficient (Wildman–Crippen LogP) is 2.39. The van der Waals surface area contributed by atoms with Crippen LogP contribution < -0.4 is 5.73 Å². The molecule has 0 spiro atoms. The summed E-state index contributed by atoms with van der Waals surface area (Å²) >= 11 is 1.55. The maximum Gasteiger partial charge on any atom is 0.192 e. The fourth-order valence-electron chi connectivity index (χ4n) is 1.30. The van der Waals surface area contributed by atoms with Crippen LogP contribution in [-0.4, -0.2) is 9.97 Å². The molecule has 2 N–H and O–H groups in total. The first-order valence-electron chi connectivity index (χ1n) is 5.04. The van der Waals surface area contributed by atoms with Gasteiger partial charge < -0.3 is 5.73 Å². The van der Waals surface area contributed by atoms with Gasteiger partial charge in [-0.15, -0.1) is 0 Å². The summed E-state index contributed by atoms with van der Waals surface area (Å²) in [6.07, 6.45) is 3.64. The predicted molar refractivity (Wildman–Crippen MR) is 65.2 cm³/mol. The molecule has 0 aliphatic carbocycles. The molecule has 0 atom stereocenters. The molecule has 16 heavy (non-hydrogen) atoms. The van der Waals surface area contributed by atoms with Gasteiger partial charge in [-0.1, -0.05) is 18.2 Å². The van der Waals surface area contributed by atoms with Gasteiger partial charge in [-0.2, -0.15) is 0 Å². The molecule has 2 aromatic rings. The van der Waals surface area contributed by atoms with Gasteiger partial charge in [0.15, 0.2) is 5.16 Å². The van der Waals surface area contributed by atoms with E-state index in [9.17, 15) is 0 Å². The Morgan fingerprint density at radius 3 is 2.56 bits per heavy atom. The van der Waals surface area contributed by atoms with Crippen molar-refractivity contribution in [2.45, 2.75) is 23.5 Å². The first kappa shape index (κ1) is 11.1. The molecule has 4 heteroatoms. The molecule has 3 nitrogen and oxygen atoms in total. The van der Waals surface area contributed by atoms with Crippen molar-refractivity contribution in [1.29, 1.82) is 0 Å². The van der Waals surface area contributed by atoms with Crippen molar-refractivity contribution in [3.63, 3.8) is 0 Å². The molecular weight excluding hydrogens is 218 g/mol. The molecule has 0 aliphatic rings. The van der Waals surface area contributed by atoms with E-state index in [1.807, 2.05) is 43.6 Å². The quantitative estimate of drug-likeness (QED) is 0.824. The van der Waals surface area contributed by atoms with Crippen molar-refractivity contribution < 1.29 is 0 Å². The highest BCUT2D eigenvalue weighted by Crippen LogP contribution is 2.27. The van der Waals surface area contributed by atoms with Gasteiger partial charge in [0.25, 0.3) is 0 Å². The van der Waals surface area contributed by atoms with E-state index in [-0.39, 0.29) is 0 Å². The van der Waals surface area contributed by atoms with E-state index in [4.69, 9.17) is 5.73 Å². The summed E-state index contributed by atoms with van der Waals surface area (Å²) < 4.78 is 0. The second kappa shape index (κ2) is 5.09. The molecule has 0 radical (unpaired) electrons. The highest BCUT2D eigenvalue weighted by Gasteiger charge is 2.04. The molecule has 0 amide bonds. The molecule has 0 saturated carbocycles. The third-order valence-electron chi connectivity index (χ3n) is 2.15. The second-order valence-corrected chi connectivity index (χ2v) is 4.47. The van der Waals surface area contributed by atoms with Crippen LogP contribution in [0, 0.1) is 6.92 Å². The van der Waals surface area contributed by atoms with E-state index in [0.717, 1.165) is 21.2 Å². The number of rotatable bonds is 3. The third-order valence-corrected chi connectivity index (χ3v) is 3.16. The number of aryl methyl sites for hydroxylation is 1. The lowest BCUT2D eigenvalue weighted by molar-refractivity contribution is 0.945. The van der Waals surface area contributed by atoms with Crippen molar-refractivity contribution >= 4 is 11.8 Å². The van der Waals surface area contributed by atoms with Gasteiger partial charge in [-0.3, -0.25) is 0 Å². The zero-order valence-electron chi connectivity index (χ0n) is 9.05. The maximum absolute atomic E-state index is 5.67. The summed E-state index contributed by atoms with van der Waals surface area (Å²) in [5.41, 5.74) is 7.86. The Morgan fingerprint density at radius 1 is 1.19 bits per heavy atom. The standard InChI is InChI=1S/C12H13N3S/c1-9-7-14-12(15-8-9)16-11-5-3-2-4-10(11)6-13/h2-5,7-8H,6,13H2,1H3. The zero-order chi connectivity index (χ0) is 11.4. The van der Waals surface area contributed by atoms with Gasteiger partial charge in [0.2, 0.25) is 0 Å². The van der Waals surface area contributed by atoms with Crippen molar-refractivity contribution in [3.8, 4) is 0 Å². The Labute approximate surface area is 99.1 Å². The molecular formula is C12H13N3S. The lowest BCUT2D eigenvalue weighted by Gasteiger charge is -2.05. The van der Waals surface area contributed by atoms with Crippen molar-refractivity contribution in [3.05, 3.63) is 47.8 Å². The average Bonchev–Trinajstić information content (AvgIpc) is 2.33. The molecule has 1 aromatic heterocycles. The van der Waals surface area contributed by atoms with E-state index in [1.54, 1.807) is 11.8 Å². The van der Waals surface area contributed by atoms with Gasteiger partial charge in [0.1, 0.15) is 0 Å². The average molecular weight is 231 g/mol. The summed E-state index contributed by atoms with van der Waals surface area (Å²) in [6.45, 7) is 2.51. The van der Waals surface area contributed by atoms with Gasteiger partial charge in [-0.05, 0) is 35.9 Å². The molecule has 2 rings (SSSR count). The first-order valence-corrected chi connectivity index (χ1v) is 5.85. The van der Waals surface area contributed by atoms with Crippen molar-refractivity contribution in [1.82, 2.24) is 9.97 Å². The van der Waals surface area contributed by atoms with Crippen LogP contribution in [0.25, 0.3) is 0 Å². The first-order chi connectivity index (χ1) is 7.79. The second-order valence-electron chi connectivity index (χ2n) is 3.46. The van der Waals surface area contributed by atoms with E-state index in [1.165, 1.54) is 0 Å². The van der Waals surface area contributed by atoms with Crippen LogP contribution >= 0.6 is 11.8 Å². The van der Waals surface area contributed by atoms with Gasteiger partial charge in [0.05, 0.1) is 0 Å². The fraction of sp³-hybridized carbons (Fsp3) is 0.167. The zero-order valence-corrected chi connectivity index (χ0v) is 9.87. The van der Waals surface area contributed by atoms with Crippen molar-refractivity contribution in [2.24, 2.45) is 5.73 Å². The number of hydrogen-bond acceptors (Lipinski definition) is 4. The minimum atomic E-state index is 0.537. The number of aromatic nitrogens is 2. The van der Waals surface area contributed by atoms with Crippen LogP contribution in [0.1, 0.15) is 11.1 Å². The van der Waals surface area contributed by atoms with Crippen LogP contribution in [0.15, 0.2) is 46.7 Å². The van der Waals surface area contributed by atoms with E-state index in [2.05, 4.69) is 9.97 Å². The Bertz CT molecular complexity index is 468. The monoisotopic (exact) mass is 231 g/mol. The van der Waals surface area contributed by atoms with Crippen LogP contribution in [0.4, 0.5) is 0 Å². The Hall–Kier alpha value is -1.39. The van der Waals surface area contributed by atoms with Crippen LogP contribution in [-0.2, 0) is 6.54 Å². The number of nitrogens with two attached hydrogens (primary N) is 1. The smallest absolute Gasteiger partial charge is 0.192 e. The van der Waals surface area contributed by atoms with Gasteiger partial charge in [0, 0.05) is 23.8 Å². The van der Waals surface area contributed by atoms with Gasteiger partial charge >= 0.3 is 0 Å². The Morgan fingerprint density at radius 2 is 1.88 bits per heavy atom. The minimum absolute atomic E-state index is 0.537. The highest BCUT2D eigenvalue weighted by atomic mass is 32.2. The maximum atomic E-state index is 5.67. The topological polar surface area (TPSA) is 51.8 Å². The van der Waals surface area contributed by atoms with E-state index in [0.29, 0.717) is 6.54 Å². The Balaban J connectivity index is 2.23. The summed E-state index contributed by atoms with van der Waals surface area (Å²) in [4.78, 5) is 9.64. The molecule has 0 bridgehead atoms. The molecule has 0 unspecified atom stereocenters. The van der Waals surface area contributed by atoms with Crippen LogP contribution in [0.3, 0.4) is 0 Å². The molecule has 1 heterocycles.